The van der Waals surface area contributed by atoms with Crippen molar-refractivity contribution in [3.8, 4) is 0 Å². The van der Waals surface area contributed by atoms with Crippen LogP contribution in [0.1, 0.15) is 83.8 Å². The molecule has 2 aliphatic rings. The number of rotatable bonds is 20. The Bertz CT molecular complexity index is 1030. The first-order valence-corrected chi connectivity index (χ1v) is 17.0. The molecule has 6 atom stereocenters. The van der Waals surface area contributed by atoms with Gasteiger partial charge in [0.2, 0.25) is 0 Å². The summed E-state index contributed by atoms with van der Waals surface area (Å²) in [7, 11) is 0. The van der Waals surface area contributed by atoms with E-state index in [1.807, 2.05) is 88.4 Å². The summed E-state index contributed by atoms with van der Waals surface area (Å²) in [6.07, 6.45) is 3.43. The summed E-state index contributed by atoms with van der Waals surface area (Å²) in [6, 6.07) is 19.9. The molecule has 2 N–H and O–H groups in total. The third kappa shape index (κ3) is 14.2. The lowest BCUT2D eigenvalue weighted by Crippen LogP contribution is -2.50. The van der Waals surface area contributed by atoms with E-state index in [2.05, 4.69) is 0 Å². The van der Waals surface area contributed by atoms with Gasteiger partial charge in [-0.1, -0.05) is 60.7 Å². The predicted molar refractivity (Wildman–Crippen MR) is 176 cm³/mol. The maximum atomic E-state index is 9.70. The van der Waals surface area contributed by atoms with E-state index in [1.54, 1.807) is 0 Å². The molecule has 2 fully saturated rings. The second-order valence-electron chi connectivity index (χ2n) is 13.4. The van der Waals surface area contributed by atoms with Gasteiger partial charge in [-0.15, -0.1) is 0 Å². The molecule has 0 spiro atoms. The Morgan fingerprint density at radius 2 is 1.00 bits per heavy atom. The topological polar surface area (TPSA) is 114 Å². The maximum Gasteiger partial charge on any atom is 0.163 e. The summed E-state index contributed by atoms with van der Waals surface area (Å²) in [5.41, 5.74) is 2.16. The van der Waals surface area contributed by atoms with Gasteiger partial charge in [0.1, 0.15) is 13.6 Å². The quantitative estimate of drug-likeness (QED) is 0.132. The molecule has 264 valence electrons. The van der Waals surface area contributed by atoms with Crippen LogP contribution in [0.25, 0.3) is 0 Å². The summed E-state index contributed by atoms with van der Waals surface area (Å²) < 4.78 is 49.0. The van der Waals surface area contributed by atoms with Gasteiger partial charge in [0.25, 0.3) is 0 Å². The van der Waals surface area contributed by atoms with Crippen LogP contribution in [-0.2, 0) is 51.1 Å². The minimum absolute atomic E-state index is 0.0198. The largest absolute Gasteiger partial charge is 0.396 e. The smallest absolute Gasteiger partial charge is 0.163 e. The molecule has 0 unspecified atom stereocenters. The summed E-state index contributed by atoms with van der Waals surface area (Å²) in [4.78, 5) is 0. The Balaban J connectivity index is 1.27. The molecule has 0 aliphatic carbocycles. The lowest BCUT2D eigenvalue weighted by Gasteiger charge is -2.45. The zero-order valence-electron chi connectivity index (χ0n) is 28.6. The van der Waals surface area contributed by atoms with Gasteiger partial charge in [-0.25, -0.2) is 0 Å². The number of aliphatic hydroxyl groups excluding tert-OH is 2. The van der Waals surface area contributed by atoms with E-state index in [1.165, 1.54) is 0 Å². The molecular weight excluding hydrogens is 604 g/mol. The Labute approximate surface area is 280 Å². The molecule has 4 rings (SSSR count). The molecule has 10 nitrogen and oxygen atoms in total. The average molecular weight is 661 g/mol. The minimum Gasteiger partial charge on any atom is -0.396 e. The highest BCUT2D eigenvalue weighted by atomic mass is 16.7. The molecule has 47 heavy (non-hydrogen) atoms. The van der Waals surface area contributed by atoms with E-state index in [0.29, 0.717) is 58.2 Å². The van der Waals surface area contributed by atoms with Crippen LogP contribution < -0.4 is 0 Å². The van der Waals surface area contributed by atoms with Crippen molar-refractivity contribution in [2.24, 2.45) is 0 Å². The van der Waals surface area contributed by atoms with E-state index >= 15 is 0 Å². The molecule has 0 amide bonds. The molecule has 2 heterocycles. The van der Waals surface area contributed by atoms with Crippen LogP contribution in [0.3, 0.4) is 0 Å². The minimum atomic E-state index is -0.777. The van der Waals surface area contributed by atoms with Crippen LogP contribution in [0, 0.1) is 0 Å². The number of ether oxygens (including phenoxy) is 8. The fourth-order valence-corrected chi connectivity index (χ4v) is 6.48. The van der Waals surface area contributed by atoms with Crippen molar-refractivity contribution in [1.82, 2.24) is 0 Å². The normalized spacial score (nSPS) is 25.3. The monoisotopic (exact) mass is 660 g/mol. The number of aliphatic hydroxyl groups is 2. The molecule has 0 saturated carbocycles. The second-order valence-corrected chi connectivity index (χ2v) is 13.4. The Kier molecular flexibility index (Phi) is 15.5. The Morgan fingerprint density at radius 1 is 0.617 bits per heavy atom. The molecule has 2 aromatic rings. The summed E-state index contributed by atoms with van der Waals surface area (Å²) in [5, 5.41) is 19.4. The van der Waals surface area contributed by atoms with Gasteiger partial charge >= 0.3 is 0 Å². The molecule has 10 heteroatoms. The van der Waals surface area contributed by atoms with E-state index in [9.17, 15) is 10.2 Å². The van der Waals surface area contributed by atoms with Gasteiger partial charge in [-0.2, -0.15) is 0 Å². The number of benzene rings is 2. The summed E-state index contributed by atoms with van der Waals surface area (Å²) >= 11 is 0. The van der Waals surface area contributed by atoms with Gasteiger partial charge in [0.15, 0.2) is 11.6 Å². The van der Waals surface area contributed by atoms with Crippen molar-refractivity contribution in [3.05, 3.63) is 71.8 Å². The Hall–Kier alpha value is -1.96. The summed E-state index contributed by atoms with van der Waals surface area (Å²) in [6.45, 7) is 9.00. The SMILES string of the molecule is CC1(C)O[C@@H](C[C@@H]2C[C@H](C[C@H](CCO)OCOCc3ccccc3)OC(C)(C)O2)C[C@@H](C[C@@H](CCO)OCOCc2ccccc2)O1. The molecule has 0 radical (unpaired) electrons. The molecular formula is C37H56O10. The van der Waals surface area contributed by atoms with E-state index < -0.39 is 11.6 Å². The van der Waals surface area contributed by atoms with Crippen LogP contribution in [0.5, 0.6) is 0 Å². The van der Waals surface area contributed by atoms with E-state index in [0.717, 1.165) is 11.1 Å². The third-order valence-electron chi connectivity index (χ3n) is 8.33. The van der Waals surface area contributed by atoms with Gasteiger partial charge in [0.05, 0.1) is 49.8 Å². The standard InChI is InChI=1S/C37H56O10/c1-36(2)44-32(19-30(15-17-38)42-26-40-24-28-11-7-5-8-12-28)21-34(46-36)23-35-22-33(45-37(3,4)47-35)20-31(16-18-39)43-27-41-25-29-13-9-6-10-14-29/h5-14,30-35,38-39H,15-27H2,1-4H3/t30-,31+,32-,33+,34-,35+. The lowest BCUT2D eigenvalue weighted by atomic mass is 9.94. The highest BCUT2D eigenvalue weighted by Crippen LogP contribution is 2.36. The van der Waals surface area contributed by atoms with Crippen LogP contribution in [0.4, 0.5) is 0 Å². The van der Waals surface area contributed by atoms with Gasteiger partial charge < -0.3 is 48.1 Å². The third-order valence-corrected chi connectivity index (χ3v) is 8.33. The Morgan fingerprint density at radius 3 is 1.38 bits per heavy atom. The fraction of sp³-hybridized carbons (Fsp3) is 0.676. The van der Waals surface area contributed by atoms with Crippen LogP contribution >= 0.6 is 0 Å². The predicted octanol–water partition coefficient (Wildman–Crippen LogP) is 5.86. The van der Waals surface area contributed by atoms with Crippen LogP contribution in [-0.4, -0.2) is 85.2 Å². The van der Waals surface area contributed by atoms with Crippen molar-refractivity contribution in [2.75, 3.05) is 26.8 Å². The van der Waals surface area contributed by atoms with Crippen molar-refractivity contribution in [3.63, 3.8) is 0 Å². The van der Waals surface area contributed by atoms with Gasteiger partial charge in [-0.05, 0) is 51.7 Å². The van der Waals surface area contributed by atoms with Gasteiger partial charge in [-0.3, -0.25) is 0 Å². The second kappa shape index (κ2) is 19.3. The molecule has 2 aliphatic heterocycles. The zero-order chi connectivity index (χ0) is 33.5. The van der Waals surface area contributed by atoms with Crippen molar-refractivity contribution < 1.29 is 48.1 Å². The molecule has 0 bridgehead atoms. The van der Waals surface area contributed by atoms with Crippen LogP contribution in [0.15, 0.2) is 60.7 Å². The van der Waals surface area contributed by atoms with Crippen LogP contribution in [0.2, 0.25) is 0 Å². The van der Waals surface area contributed by atoms with E-state index in [-0.39, 0.29) is 63.4 Å². The zero-order valence-corrected chi connectivity index (χ0v) is 28.6. The lowest BCUT2D eigenvalue weighted by molar-refractivity contribution is -0.328. The van der Waals surface area contributed by atoms with E-state index in [4.69, 9.17) is 37.9 Å². The maximum absolute atomic E-state index is 9.70. The molecule has 2 saturated heterocycles. The average Bonchev–Trinajstić information content (AvgIpc) is 3.01. The molecule has 2 aromatic carbocycles. The van der Waals surface area contributed by atoms with Gasteiger partial charge in [0, 0.05) is 45.3 Å². The van der Waals surface area contributed by atoms with Crippen molar-refractivity contribution in [1.29, 1.82) is 0 Å². The summed E-state index contributed by atoms with van der Waals surface area (Å²) in [5.74, 6) is -1.55. The first-order chi connectivity index (χ1) is 22.6. The number of hydrogen-bond donors (Lipinski definition) is 2. The van der Waals surface area contributed by atoms with Crippen molar-refractivity contribution in [2.45, 2.75) is 134 Å². The van der Waals surface area contributed by atoms with Crippen molar-refractivity contribution >= 4 is 0 Å². The highest BCUT2D eigenvalue weighted by Gasteiger charge is 2.41. The number of hydrogen-bond acceptors (Lipinski definition) is 10. The first-order valence-electron chi connectivity index (χ1n) is 17.0. The first kappa shape index (κ1) is 37.9. The highest BCUT2D eigenvalue weighted by molar-refractivity contribution is 5.14. The fourth-order valence-electron chi connectivity index (χ4n) is 6.48. The molecule has 0 aromatic heterocycles.